The van der Waals surface area contributed by atoms with Crippen molar-refractivity contribution in [3.8, 4) is 34.3 Å². The number of hydrogen-bond donors (Lipinski definition) is 1. The molecule has 0 bridgehead atoms. The zero-order chi connectivity index (χ0) is 19.2. The number of phenols is 1. The lowest BCUT2D eigenvalue weighted by Crippen LogP contribution is -2.09. The Kier molecular flexibility index (Phi) is 5.83. The number of esters is 1. The molecule has 0 saturated heterocycles. The van der Waals surface area contributed by atoms with E-state index in [2.05, 4.69) is 15.0 Å². The summed E-state index contributed by atoms with van der Waals surface area (Å²) in [5.74, 6) is 0.837. The summed E-state index contributed by atoms with van der Waals surface area (Å²) in [6.45, 7) is 1.65. The van der Waals surface area contributed by atoms with Gasteiger partial charge in [0.1, 0.15) is 31.0 Å². The van der Waals surface area contributed by atoms with Gasteiger partial charge in [-0.15, -0.1) is 0 Å². The molecule has 0 atom stereocenters. The molecule has 0 amide bonds. The van der Waals surface area contributed by atoms with E-state index in [1.165, 1.54) is 19.3 Å². The molecule has 0 aliphatic heterocycles. The molecule has 8 heteroatoms. The van der Waals surface area contributed by atoms with Gasteiger partial charge in [-0.1, -0.05) is 11.6 Å². The first-order valence-corrected chi connectivity index (χ1v) is 8.45. The molecule has 138 valence electrons. The number of halogens is 1. The van der Waals surface area contributed by atoms with Crippen molar-refractivity contribution in [1.29, 1.82) is 0 Å². The van der Waals surface area contributed by atoms with E-state index >= 15 is 0 Å². The van der Waals surface area contributed by atoms with Crippen LogP contribution in [0.5, 0.6) is 11.5 Å². The molecule has 0 saturated carbocycles. The molecule has 27 heavy (non-hydrogen) atoms. The quantitative estimate of drug-likeness (QED) is 0.512. The molecule has 0 unspecified atom stereocenters. The van der Waals surface area contributed by atoms with E-state index in [4.69, 9.17) is 21.1 Å². The number of phenolic OH excluding ortho intramolecular Hbond substituents is 1. The third-order valence-corrected chi connectivity index (χ3v) is 3.79. The van der Waals surface area contributed by atoms with Crippen molar-refractivity contribution in [3.05, 3.63) is 53.8 Å². The largest absolute Gasteiger partial charge is 0.507 e. The maximum atomic E-state index is 10.7. The summed E-state index contributed by atoms with van der Waals surface area (Å²) >= 11 is 5.90. The van der Waals surface area contributed by atoms with Gasteiger partial charge in [0, 0.05) is 23.6 Å². The van der Waals surface area contributed by atoms with Gasteiger partial charge in [0.15, 0.2) is 11.6 Å². The van der Waals surface area contributed by atoms with Gasteiger partial charge >= 0.3 is 5.97 Å². The molecule has 1 aromatic heterocycles. The van der Waals surface area contributed by atoms with Crippen LogP contribution in [-0.2, 0) is 9.53 Å². The fourth-order valence-corrected chi connectivity index (χ4v) is 2.43. The Labute approximate surface area is 160 Å². The van der Waals surface area contributed by atoms with Gasteiger partial charge < -0.3 is 14.6 Å². The molecular weight excluding hydrogens is 370 g/mol. The number of carbonyl (C=O) groups is 1. The van der Waals surface area contributed by atoms with Crippen molar-refractivity contribution >= 4 is 17.6 Å². The highest BCUT2D eigenvalue weighted by Gasteiger charge is 2.11. The van der Waals surface area contributed by atoms with Crippen LogP contribution in [0.25, 0.3) is 22.8 Å². The normalized spacial score (nSPS) is 10.4. The SMILES string of the molecule is CC(=O)OCCOc1ccc(-c2ncnc(-c3ccc(Cl)cc3)n2)c(O)c1. The molecule has 0 aliphatic rings. The second-order valence-corrected chi connectivity index (χ2v) is 5.94. The van der Waals surface area contributed by atoms with E-state index in [0.717, 1.165) is 5.56 Å². The molecule has 0 radical (unpaired) electrons. The lowest BCUT2D eigenvalue weighted by Gasteiger charge is -2.09. The van der Waals surface area contributed by atoms with Gasteiger partial charge in [-0.05, 0) is 36.4 Å². The number of aromatic hydroxyl groups is 1. The Bertz CT molecular complexity index is 948. The average Bonchev–Trinajstić information content (AvgIpc) is 2.66. The molecule has 7 nitrogen and oxygen atoms in total. The summed E-state index contributed by atoms with van der Waals surface area (Å²) < 4.78 is 10.2. The molecule has 0 fully saturated rings. The summed E-state index contributed by atoms with van der Waals surface area (Å²) in [4.78, 5) is 23.4. The van der Waals surface area contributed by atoms with E-state index in [0.29, 0.717) is 28.0 Å². The smallest absolute Gasteiger partial charge is 0.302 e. The van der Waals surface area contributed by atoms with Gasteiger partial charge in [0.05, 0.1) is 5.56 Å². The van der Waals surface area contributed by atoms with E-state index in [9.17, 15) is 9.90 Å². The monoisotopic (exact) mass is 385 g/mol. The predicted octanol–water partition coefficient (Wildman–Crippen LogP) is 3.51. The van der Waals surface area contributed by atoms with Crippen molar-refractivity contribution in [1.82, 2.24) is 15.0 Å². The summed E-state index contributed by atoms with van der Waals surface area (Å²) in [6, 6.07) is 11.9. The second kappa shape index (κ2) is 8.46. The van der Waals surface area contributed by atoms with Crippen LogP contribution in [-0.4, -0.2) is 39.2 Å². The highest BCUT2D eigenvalue weighted by molar-refractivity contribution is 6.30. The third-order valence-electron chi connectivity index (χ3n) is 3.54. The summed E-state index contributed by atoms with van der Waals surface area (Å²) in [7, 11) is 0. The standard InChI is InChI=1S/C19H16ClN3O4/c1-12(24)26-8-9-27-15-6-7-16(17(25)10-15)19-22-11-21-18(23-19)13-2-4-14(20)5-3-13/h2-7,10-11,25H,8-9H2,1H3. The maximum absolute atomic E-state index is 10.7. The summed E-state index contributed by atoms with van der Waals surface area (Å²) in [5, 5.41) is 10.9. The van der Waals surface area contributed by atoms with E-state index < -0.39 is 0 Å². The lowest BCUT2D eigenvalue weighted by molar-refractivity contribution is -0.141. The first-order chi connectivity index (χ1) is 13.0. The Hall–Kier alpha value is -3.19. The molecule has 1 N–H and O–H groups in total. The molecule has 0 spiro atoms. The fraction of sp³-hybridized carbons (Fsp3) is 0.158. The molecule has 3 aromatic rings. The zero-order valence-corrected chi connectivity index (χ0v) is 15.2. The summed E-state index contributed by atoms with van der Waals surface area (Å²) in [6.07, 6.45) is 1.38. The zero-order valence-electron chi connectivity index (χ0n) is 14.4. The number of nitrogens with zero attached hydrogens (tertiary/aromatic N) is 3. The second-order valence-electron chi connectivity index (χ2n) is 5.51. The number of carbonyl (C=O) groups excluding carboxylic acids is 1. The number of rotatable bonds is 6. The lowest BCUT2D eigenvalue weighted by atomic mass is 10.1. The summed E-state index contributed by atoms with van der Waals surface area (Å²) in [5.41, 5.74) is 1.23. The molecular formula is C19H16ClN3O4. The van der Waals surface area contributed by atoms with Crippen LogP contribution < -0.4 is 4.74 Å². The van der Waals surface area contributed by atoms with Crippen LogP contribution >= 0.6 is 11.6 Å². The minimum Gasteiger partial charge on any atom is -0.507 e. The van der Waals surface area contributed by atoms with Gasteiger partial charge in [-0.3, -0.25) is 4.79 Å². The first-order valence-electron chi connectivity index (χ1n) is 8.07. The molecule has 1 heterocycles. The van der Waals surface area contributed by atoms with Gasteiger partial charge in [-0.25, -0.2) is 15.0 Å². The topological polar surface area (TPSA) is 94.4 Å². The average molecular weight is 386 g/mol. The number of aromatic nitrogens is 3. The highest BCUT2D eigenvalue weighted by Crippen LogP contribution is 2.31. The van der Waals surface area contributed by atoms with Crippen molar-refractivity contribution < 1.29 is 19.4 Å². The third kappa shape index (κ3) is 4.92. The highest BCUT2D eigenvalue weighted by atomic mass is 35.5. The van der Waals surface area contributed by atoms with E-state index in [1.807, 2.05) is 0 Å². The Morgan fingerprint density at radius 3 is 2.52 bits per heavy atom. The van der Waals surface area contributed by atoms with Crippen LogP contribution in [0, 0.1) is 0 Å². The van der Waals surface area contributed by atoms with Crippen molar-refractivity contribution in [2.75, 3.05) is 13.2 Å². The van der Waals surface area contributed by atoms with Crippen molar-refractivity contribution in [3.63, 3.8) is 0 Å². The van der Waals surface area contributed by atoms with Crippen LogP contribution in [0.3, 0.4) is 0 Å². The van der Waals surface area contributed by atoms with E-state index in [1.54, 1.807) is 36.4 Å². The maximum Gasteiger partial charge on any atom is 0.302 e. The molecule has 0 aliphatic carbocycles. The van der Waals surface area contributed by atoms with Crippen LogP contribution in [0.1, 0.15) is 6.92 Å². The predicted molar refractivity (Wildman–Crippen MR) is 99.5 cm³/mol. The van der Waals surface area contributed by atoms with Crippen molar-refractivity contribution in [2.45, 2.75) is 6.92 Å². The number of benzene rings is 2. The fourth-order valence-electron chi connectivity index (χ4n) is 2.30. The Morgan fingerprint density at radius 1 is 1.07 bits per heavy atom. The molecule has 2 aromatic carbocycles. The Morgan fingerprint density at radius 2 is 1.81 bits per heavy atom. The van der Waals surface area contributed by atoms with E-state index in [-0.39, 0.29) is 24.9 Å². The van der Waals surface area contributed by atoms with Crippen molar-refractivity contribution in [2.24, 2.45) is 0 Å². The number of hydrogen-bond acceptors (Lipinski definition) is 7. The molecule has 3 rings (SSSR count). The minimum atomic E-state index is -0.372. The van der Waals surface area contributed by atoms with Crippen LogP contribution in [0.2, 0.25) is 5.02 Å². The van der Waals surface area contributed by atoms with Crippen LogP contribution in [0.4, 0.5) is 0 Å². The minimum absolute atomic E-state index is 0.0340. The number of ether oxygens (including phenoxy) is 2. The first kappa shape index (κ1) is 18.6. The van der Waals surface area contributed by atoms with Gasteiger partial charge in [0.25, 0.3) is 0 Å². The van der Waals surface area contributed by atoms with Gasteiger partial charge in [0.2, 0.25) is 0 Å². The van der Waals surface area contributed by atoms with Gasteiger partial charge in [-0.2, -0.15) is 0 Å². The Balaban J connectivity index is 1.77. The van der Waals surface area contributed by atoms with Crippen LogP contribution in [0.15, 0.2) is 48.8 Å².